The van der Waals surface area contributed by atoms with Crippen LogP contribution in [0, 0.1) is 24.4 Å². The zero-order valence-corrected chi connectivity index (χ0v) is 40.8. The van der Waals surface area contributed by atoms with Gasteiger partial charge in [-0.3, -0.25) is 9.59 Å². The molecule has 73 heavy (non-hydrogen) atoms. The monoisotopic (exact) mass is 987 g/mol. The summed E-state index contributed by atoms with van der Waals surface area (Å²) in [5.41, 5.74) is 6.06. The standard InChI is InChI=1S/C59H58N2O12/c1-69-53-37-15-14-34-25-33-9-6-11-35(33)47-46(34)48(37)50-52(65)49(47)43(63)28-61-27-41-32(8-5-12-36(41)56(61)66)10-7-23-70-55-51(64)45-29-71-44(18-16-38(53)54(50)73-57(72-45)59(55,68)30-62)40-26-60-42-17-13-31(24-39(40)42)19-22-58(67)20-3-2-4-21-58/h5,8,12-13,16-18,24-26,33,35,44-45,51,55,57,62,64,67-68H,2-4,6,9-11,14-15,19-22,27-30H2,1H3/p+1/b18-16+/t33-,35+,44+,45+,51+,55-,57+,59+/m0/s1. The van der Waals surface area contributed by atoms with Crippen LogP contribution in [-0.2, 0) is 33.6 Å². The summed E-state index contributed by atoms with van der Waals surface area (Å²) in [5, 5.41) is 61.8. The molecule has 5 N–H and O–H groups in total. The number of carbonyl (C=O) groups is 2. The van der Waals surface area contributed by atoms with E-state index in [0.29, 0.717) is 47.9 Å². The number of Topliss-reactive ketones (excluding diaryl/α,β-unsaturated/α-hetero) is 1. The molecule has 8 bridgehead atoms. The van der Waals surface area contributed by atoms with Crippen LogP contribution < -0.4 is 9.47 Å². The van der Waals surface area contributed by atoms with Gasteiger partial charge in [0.25, 0.3) is 5.91 Å². The molecule has 14 nitrogen and oxygen atoms in total. The van der Waals surface area contributed by atoms with Gasteiger partial charge in [-0.15, -0.1) is 0 Å². The maximum absolute atomic E-state index is 15.4. The molecule has 2 saturated carbocycles. The van der Waals surface area contributed by atoms with Crippen molar-refractivity contribution in [3.05, 3.63) is 116 Å². The van der Waals surface area contributed by atoms with E-state index < -0.39 is 54.3 Å². The maximum atomic E-state index is 15.4. The Bertz CT molecular complexity index is 3160. The number of phenolic OH excluding ortho intramolecular Hbond substituents is 1. The number of ether oxygens (including phenoxy) is 5. The van der Waals surface area contributed by atoms with Crippen molar-refractivity contribution in [2.45, 2.75) is 138 Å². The number of rotatable bonds is 6. The summed E-state index contributed by atoms with van der Waals surface area (Å²) in [7, 11) is 1.57. The lowest BCUT2D eigenvalue weighted by Crippen LogP contribution is -2.70. The second-order valence-electron chi connectivity index (χ2n) is 21.7. The van der Waals surface area contributed by atoms with Crippen molar-refractivity contribution >= 4 is 40.3 Å². The molecule has 0 aromatic heterocycles. The highest BCUT2D eigenvalue weighted by Crippen LogP contribution is 2.60. The van der Waals surface area contributed by atoms with Crippen LogP contribution in [-0.4, -0.2) is 117 Å². The first-order valence-corrected chi connectivity index (χ1v) is 26.1. The zero-order chi connectivity index (χ0) is 49.9. The zero-order valence-electron chi connectivity index (χ0n) is 40.8. The molecule has 0 unspecified atom stereocenters. The first-order chi connectivity index (χ1) is 35.5. The lowest BCUT2D eigenvalue weighted by Gasteiger charge is -2.47. The molecule has 14 heteroatoms. The largest absolute Gasteiger partial charge is 0.506 e. The summed E-state index contributed by atoms with van der Waals surface area (Å²) < 4.78 is 32.9. The molecule has 5 aliphatic heterocycles. The smallest absolute Gasteiger partial charge is 0.254 e. The number of amides is 1. The summed E-state index contributed by atoms with van der Waals surface area (Å²) in [5.74, 6) is 2.48. The van der Waals surface area contributed by atoms with Gasteiger partial charge < -0.3 is 54.1 Å². The Balaban J connectivity index is 1.02. The van der Waals surface area contributed by atoms with E-state index in [0.717, 1.165) is 107 Å². The van der Waals surface area contributed by atoms with E-state index >= 15 is 4.79 Å². The number of aromatic hydroxyl groups is 1. The van der Waals surface area contributed by atoms with Crippen LogP contribution in [0.5, 0.6) is 17.2 Å². The number of ketones is 1. The van der Waals surface area contributed by atoms with E-state index in [1.165, 1.54) is 4.90 Å². The third-order valence-corrected chi connectivity index (χ3v) is 17.6. The van der Waals surface area contributed by atoms with Gasteiger partial charge in [0, 0.05) is 53.6 Å². The Morgan fingerprint density at radius 3 is 2.71 bits per heavy atom. The second kappa shape index (κ2) is 17.8. The van der Waals surface area contributed by atoms with Gasteiger partial charge in [0.1, 0.15) is 47.2 Å². The van der Waals surface area contributed by atoms with Gasteiger partial charge in [-0.1, -0.05) is 49.8 Å². The number of fused-ring (bicyclic) bond motifs is 8. The number of allylic oxidation sites excluding steroid dienone is 6. The first-order valence-electron chi connectivity index (χ1n) is 26.1. The van der Waals surface area contributed by atoms with Gasteiger partial charge in [-0.25, -0.2) is 0 Å². The number of aliphatic imine (C=N–C) groups is 1. The minimum atomic E-state index is -2.47. The highest BCUT2D eigenvalue weighted by atomic mass is 16.7. The maximum Gasteiger partial charge on any atom is 0.254 e. The van der Waals surface area contributed by atoms with Gasteiger partial charge in [-0.05, 0) is 109 Å². The quantitative estimate of drug-likeness (QED) is 0.125. The Labute approximate surface area is 423 Å². The molecule has 1 amide bonds. The van der Waals surface area contributed by atoms with Crippen molar-refractivity contribution in [3.63, 3.8) is 0 Å². The molecule has 5 aliphatic carbocycles. The van der Waals surface area contributed by atoms with E-state index in [9.17, 15) is 30.3 Å². The van der Waals surface area contributed by atoms with Gasteiger partial charge in [0.15, 0.2) is 23.2 Å². The third kappa shape index (κ3) is 7.36. The van der Waals surface area contributed by atoms with E-state index in [1.807, 2.05) is 24.3 Å². The van der Waals surface area contributed by atoms with Crippen LogP contribution >= 0.6 is 0 Å². The number of aliphatic hydroxyl groups excluding tert-OH is 2. The van der Waals surface area contributed by atoms with Crippen LogP contribution in [0.3, 0.4) is 0 Å². The number of phenols is 1. The van der Waals surface area contributed by atoms with Crippen LogP contribution in [0.15, 0.2) is 69.9 Å². The van der Waals surface area contributed by atoms with E-state index in [4.69, 9.17) is 28.7 Å². The molecule has 3 fully saturated rings. The molecular formula is C59H59N2O12+. The molecule has 1 saturated heterocycles. The molecule has 0 spiro atoms. The van der Waals surface area contributed by atoms with Gasteiger partial charge in [-0.2, -0.15) is 4.99 Å². The van der Waals surface area contributed by atoms with E-state index in [2.05, 4.69) is 24.5 Å². The Morgan fingerprint density at radius 1 is 1.01 bits per heavy atom. The number of nitrogens with zero attached hydrogens (tertiary/aromatic N) is 2. The summed E-state index contributed by atoms with van der Waals surface area (Å²) >= 11 is 0. The van der Waals surface area contributed by atoms with Crippen molar-refractivity contribution in [1.82, 2.24) is 4.90 Å². The molecule has 13 rings (SSSR count). The number of benzene rings is 3. The topological polar surface area (TPSA) is 197 Å². The van der Waals surface area contributed by atoms with Crippen LogP contribution in [0.25, 0.3) is 22.4 Å². The lowest BCUT2D eigenvalue weighted by molar-refractivity contribution is -0.327. The Morgan fingerprint density at radius 2 is 1.88 bits per heavy atom. The first kappa shape index (κ1) is 46.6. The van der Waals surface area contributed by atoms with E-state index in [-0.39, 0.29) is 66.3 Å². The molecule has 376 valence electrons. The van der Waals surface area contributed by atoms with Gasteiger partial charge >= 0.3 is 0 Å². The summed E-state index contributed by atoms with van der Waals surface area (Å²) in [6.07, 6.45) is 19.5. The van der Waals surface area contributed by atoms with Crippen molar-refractivity contribution in [1.29, 1.82) is 0 Å². The molecular weight excluding hydrogens is 929 g/mol. The number of methoxy groups -OCH3 is 1. The predicted octanol–water partition coefficient (Wildman–Crippen LogP) is 7.01. The predicted molar refractivity (Wildman–Crippen MR) is 270 cm³/mol. The van der Waals surface area contributed by atoms with Gasteiger partial charge in [0.2, 0.25) is 6.29 Å². The van der Waals surface area contributed by atoms with Crippen molar-refractivity contribution in [3.8, 4) is 29.3 Å². The van der Waals surface area contributed by atoms with Gasteiger partial charge in [0.05, 0.1) is 60.8 Å². The van der Waals surface area contributed by atoms with E-state index in [1.54, 1.807) is 31.5 Å². The summed E-state index contributed by atoms with van der Waals surface area (Å²) in [6, 6.07) is 5.37. The average molecular weight is 988 g/mol. The number of hydrogen-bond acceptors (Lipinski definition) is 13. The average Bonchev–Trinajstić information content (AvgIpc) is 4.13. The molecule has 3 aromatic rings. The summed E-state index contributed by atoms with van der Waals surface area (Å²) in [4.78, 5) is 35.9. The number of hydrogen-bond donors (Lipinski definition) is 5. The van der Waals surface area contributed by atoms with Crippen LogP contribution in [0.2, 0.25) is 0 Å². The fourth-order valence-electron chi connectivity index (χ4n) is 13.8. The minimum Gasteiger partial charge on any atom is -0.506 e. The lowest BCUT2D eigenvalue weighted by atomic mass is 9.69. The fourth-order valence-corrected chi connectivity index (χ4v) is 13.8. The molecule has 3 aromatic carbocycles. The van der Waals surface area contributed by atoms with Crippen LogP contribution in [0.4, 0.5) is 0 Å². The molecule has 5 heterocycles. The number of aliphatic hydroxyl groups is 4. The van der Waals surface area contributed by atoms with Crippen molar-refractivity contribution < 1.29 is 58.8 Å². The Hall–Kier alpha value is -6.18. The highest BCUT2D eigenvalue weighted by molar-refractivity contribution is 6.17. The summed E-state index contributed by atoms with van der Waals surface area (Å²) in [6.45, 7) is -1.40. The molecule has 10 aliphatic rings. The highest BCUT2D eigenvalue weighted by Gasteiger charge is 2.59. The number of aryl methyl sites for hydroxylation is 1. The number of carbonyl (C=O) groups excluding carboxylic acids is 2. The van der Waals surface area contributed by atoms with Crippen molar-refractivity contribution in [2.75, 3.05) is 26.9 Å². The third-order valence-electron chi connectivity index (χ3n) is 17.6. The fraction of sp³-hybridized carbons (Fsp3) is 0.458. The normalized spacial score (nSPS) is 30.8. The Kier molecular flexibility index (Phi) is 11.3. The SMILES string of the molecule is COc1c2c3c4c(O)c(c5c6c4c1CCC6=C[C@@H]1CCC[C@@H]51)C(=O)CN1Cc4c(cccc4C1=O)CC#CO[C@H]1[C@H](O)[C@@H](CO[C@@H](C4=C5[CH+]C(CCC6(O)CCCCC6)=CC=C5N=C4)/C=C/2)O[C@H](O3)[C@@]1(O)CO. The molecule has 8 atom stereocenters. The minimum absolute atomic E-state index is 0.00247. The second-order valence-corrected chi connectivity index (χ2v) is 21.7. The van der Waals surface area contributed by atoms with Crippen molar-refractivity contribution in [2.24, 2.45) is 10.9 Å². The van der Waals surface area contributed by atoms with Crippen LogP contribution in [0.1, 0.15) is 131 Å². The molecule has 0 radical (unpaired) electrons.